The van der Waals surface area contributed by atoms with Crippen LogP contribution in [0.4, 0.5) is 0 Å². The molecular weight excluding hydrogens is 308 g/mol. The molecule has 1 aromatic carbocycles. The molecule has 1 aromatic rings. The smallest absolute Gasteiger partial charge is 0.306 e. The summed E-state index contributed by atoms with van der Waals surface area (Å²) in [7, 11) is 0. The summed E-state index contributed by atoms with van der Waals surface area (Å²) in [6.07, 6.45) is 1.44. The Morgan fingerprint density at radius 1 is 1.17 bits per heavy atom. The first kappa shape index (κ1) is 18.3. The van der Waals surface area contributed by atoms with E-state index in [-0.39, 0.29) is 24.4 Å². The SMILES string of the molecule is CC(=O)C[C@@H](O)CC(=O)[C@H]1OC(=O)CCCCCc2ccccc21. The number of cyclic esters (lactones) is 1. The third kappa shape index (κ3) is 5.27. The molecule has 2 rings (SSSR count). The van der Waals surface area contributed by atoms with Crippen molar-refractivity contribution in [2.24, 2.45) is 0 Å². The number of hydrogen-bond acceptors (Lipinski definition) is 5. The van der Waals surface area contributed by atoms with E-state index in [0.717, 1.165) is 31.2 Å². The van der Waals surface area contributed by atoms with E-state index in [4.69, 9.17) is 4.74 Å². The molecule has 5 heteroatoms. The number of esters is 1. The highest BCUT2D eigenvalue weighted by Gasteiger charge is 2.29. The number of fused-ring (bicyclic) bond motifs is 1. The Kier molecular flexibility index (Phi) is 6.67. The molecular formula is C19H24O5. The van der Waals surface area contributed by atoms with Gasteiger partial charge in [-0.1, -0.05) is 30.7 Å². The third-order valence-electron chi connectivity index (χ3n) is 4.17. The van der Waals surface area contributed by atoms with E-state index in [1.54, 1.807) is 6.07 Å². The number of aliphatic hydroxyl groups is 1. The van der Waals surface area contributed by atoms with Crippen LogP contribution in [0.25, 0.3) is 0 Å². The van der Waals surface area contributed by atoms with Crippen molar-refractivity contribution in [2.45, 2.75) is 64.1 Å². The fraction of sp³-hybridized carbons (Fsp3) is 0.526. The Labute approximate surface area is 142 Å². The number of ether oxygens (including phenoxy) is 1. The van der Waals surface area contributed by atoms with Gasteiger partial charge in [0.25, 0.3) is 0 Å². The lowest BCUT2D eigenvalue weighted by Crippen LogP contribution is -2.26. The number of ketones is 2. The first-order valence-corrected chi connectivity index (χ1v) is 8.45. The fourth-order valence-corrected chi connectivity index (χ4v) is 3.02. The van der Waals surface area contributed by atoms with Gasteiger partial charge < -0.3 is 9.84 Å². The molecule has 0 spiro atoms. The van der Waals surface area contributed by atoms with Gasteiger partial charge in [-0.05, 0) is 31.7 Å². The Balaban J connectivity index is 2.24. The molecule has 1 N–H and O–H groups in total. The topological polar surface area (TPSA) is 80.7 Å². The molecule has 24 heavy (non-hydrogen) atoms. The normalized spacial score (nSPS) is 19.8. The predicted octanol–water partition coefficient (Wildman–Crippen LogP) is 2.69. The van der Waals surface area contributed by atoms with Gasteiger partial charge in [-0.25, -0.2) is 0 Å². The van der Waals surface area contributed by atoms with Crippen LogP contribution in [0.5, 0.6) is 0 Å². The minimum atomic E-state index is -1.05. The molecule has 0 bridgehead atoms. The van der Waals surface area contributed by atoms with Crippen molar-refractivity contribution in [3.8, 4) is 0 Å². The van der Waals surface area contributed by atoms with E-state index in [1.807, 2.05) is 18.2 Å². The van der Waals surface area contributed by atoms with Gasteiger partial charge in [0.1, 0.15) is 5.78 Å². The molecule has 1 heterocycles. The molecule has 130 valence electrons. The first-order valence-electron chi connectivity index (χ1n) is 8.45. The maximum Gasteiger partial charge on any atom is 0.306 e. The van der Waals surface area contributed by atoms with E-state index in [1.165, 1.54) is 6.92 Å². The van der Waals surface area contributed by atoms with Crippen LogP contribution in [0.3, 0.4) is 0 Å². The number of carbonyl (C=O) groups excluding carboxylic acids is 3. The number of aliphatic hydroxyl groups excluding tert-OH is 1. The van der Waals surface area contributed by atoms with E-state index in [9.17, 15) is 19.5 Å². The van der Waals surface area contributed by atoms with E-state index >= 15 is 0 Å². The van der Waals surface area contributed by atoms with Crippen LogP contribution in [0, 0.1) is 0 Å². The average Bonchev–Trinajstić information content (AvgIpc) is 2.52. The Morgan fingerprint density at radius 3 is 2.62 bits per heavy atom. The minimum absolute atomic E-state index is 0.0753. The molecule has 0 radical (unpaired) electrons. The fourth-order valence-electron chi connectivity index (χ4n) is 3.02. The monoisotopic (exact) mass is 332 g/mol. The lowest BCUT2D eigenvalue weighted by atomic mass is 9.92. The van der Waals surface area contributed by atoms with Crippen LogP contribution in [-0.2, 0) is 25.5 Å². The number of aryl methyl sites for hydroxylation is 1. The average molecular weight is 332 g/mol. The summed E-state index contributed by atoms with van der Waals surface area (Å²) in [4.78, 5) is 35.7. The number of Topliss-reactive ketones (excluding diaryl/α,β-unsaturated/α-hetero) is 2. The summed E-state index contributed by atoms with van der Waals surface area (Å²) < 4.78 is 5.44. The van der Waals surface area contributed by atoms with E-state index < -0.39 is 18.2 Å². The van der Waals surface area contributed by atoms with Crippen LogP contribution in [0.15, 0.2) is 24.3 Å². The molecule has 2 atom stereocenters. The molecule has 1 aliphatic rings. The highest BCUT2D eigenvalue weighted by molar-refractivity contribution is 5.88. The van der Waals surface area contributed by atoms with Crippen LogP contribution in [-0.4, -0.2) is 28.7 Å². The van der Waals surface area contributed by atoms with Crippen LogP contribution in [0.1, 0.15) is 62.7 Å². The van der Waals surface area contributed by atoms with Gasteiger partial charge in [0.2, 0.25) is 0 Å². The number of hydrogen-bond donors (Lipinski definition) is 1. The van der Waals surface area contributed by atoms with Crippen LogP contribution in [0.2, 0.25) is 0 Å². The third-order valence-corrected chi connectivity index (χ3v) is 4.17. The molecule has 0 aliphatic carbocycles. The zero-order chi connectivity index (χ0) is 17.5. The summed E-state index contributed by atoms with van der Waals surface area (Å²) in [5, 5.41) is 9.88. The maximum absolute atomic E-state index is 12.6. The van der Waals surface area contributed by atoms with Gasteiger partial charge in [0.15, 0.2) is 11.9 Å². The van der Waals surface area contributed by atoms with Crippen LogP contribution >= 0.6 is 0 Å². The van der Waals surface area contributed by atoms with Crippen molar-refractivity contribution in [2.75, 3.05) is 0 Å². The Bertz CT molecular complexity index is 608. The first-order chi connectivity index (χ1) is 11.5. The van der Waals surface area contributed by atoms with Gasteiger partial charge in [-0.2, -0.15) is 0 Å². The predicted molar refractivity (Wildman–Crippen MR) is 88.4 cm³/mol. The van der Waals surface area contributed by atoms with Gasteiger partial charge in [0.05, 0.1) is 6.10 Å². The molecule has 0 saturated heterocycles. The van der Waals surface area contributed by atoms with Crippen LogP contribution < -0.4 is 0 Å². The van der Waals surface area contributed by atoms with Crippen molar-refractivity contribution in [3.05, 3.63) is 35.4 Å². The molecule has 0 amide bonds. The zero-order valence-corrected chi connectivity index (χ0v) is 14.0. The number of rotatable bonds is 5. The Hall–Kier alpha value is -2.01. The highest BCUT2D eigenvalue weighted by atomic mass is 16.5. The molecule has 0 fully saturated rings. The highest BCUT2D eigenvalue weighted by Crippen LogP contribution is 2.28. The van der Waals surface area contributed by atoms with Crippen molar-refractivity contribution < 1.29 is 24.2 Å². The molecule has 0 saturated carbocycles. The summed E-state index contributed by atoms with van der Waals surface area (Å²) in [5.74, 6) is -0.949. The van der Waals surface area contributed by atoms with E-state index in [2.05, 4.69) is 0 Å². The standard InChI is InChI=1S/C19H24O5/c1-13(20)11-15(21)12-17(22)19-16-9-6-5-8-14(16)7-3-2-4-10-18(23)24-19/h5-6,8-9,15,19,21H,2-4,7,10-12H2,1H3/t15-,19+/m1/s1. The summed E-state index contributed by atoms with van der Waals surface area (Å²) in [6, 6.07) is 7.45. The number of carbonyl (C=O) groups is 3. The number of benzene rings is 1. The molecule has 1 aliphatic heterocycles. The van der Waals surface area contributed by atoms with Gasteiger partial charge in [0, 0.05) is 24.8 Å². The zero-order valence-electron chi connectivity index (χ0n) is 14.0. The quantitative estimate of drug-likeness (QED) is 0.839. The molecule has 0 unspecified atom stereocenters. The van der Waals surface area contributed by atoms with Gasteiger partial charge >= 0.3 is 5.97 Å². The maximum atomic E-state index is 12.6. The van der Waals surface area contributed by atoms with Gasteiger partial charge in [-0.15, -0.1) is 0 Å². The largest absolute Gasteiger partial charge is 0.449 e. The molecule has 0 aromatic heterocycles. The van der Waals surface area contributed by atoms with Gasteiger partial charge in [-0.3, -0.25) is 14.4 Å². The van der Waals surface area contributed by atoms with Crippen molar-refractivity contribution in [1.29, 1.82) is 0 Å². The second-order valence-electron chi connectivity index (χ2n) is 6.36. The second-order valence-corrected chi connectivity index (χ2v) is 6.36. The molecule has 5 nitrogen and oxygen atoms in total. The van der Waals surface area contributed by atoms with Crippen molar-refractivity contribution >= 4 is 17.5 Å². The van der Waals surface area contributed by atoms with Crippen molar-refractivity contribution in [3.63, 3.8) is 0 Å². The van der Waals surface area contributed by atoms with Crippen molar-refractivity contribution in [1.82, 2.24) is 0 Å². The summed E-state index contributed by atoms with van der Waals surface area (Å²) >= 11 is 0. The lowest BCUT2D eigenvalue weighted by molar-refractivity contribution is -0.156. The van der Waals surface area contributed by atoms with E-state index in [0.29, 0.717) is 12.0 Å². The minimum Gasteiger partial charge on any atom is -0.449 e. The Morgan fingerprint density at radius 2 is 1.88 bits per heavy atom. The second kappa shape index (κ2) is 8.73. The summed E-state index contributed by atoms with van der Waals surface area (Å²) in [5.41, 5.74) is 1.68. The lowest BCUT2D eigenvalue weighted by Gasteiger charge is -2.22. The summed E-state index contributed by atoms with van der Waals surface area (Å²) in [6.45, 7) is 1.37.